The zero-order valence-electron chi connectivity index (χ0n) is 18.2. The number of phenols is 2. The van der Waals surface area contributed by atoms with Gasteiger partial charge >= 0.3 is 11.9 Å². The Morgan fingerprint density at radius 3 is 1.14 bits per heavy atom. The Morgan fingerprint density at radius 2 is 0.828 bits per heavy atom. The van der Waals surface area contributed by atoms with Crippen LogP contribution < -0.4 is 0 Å². The summed E-state index contributed by atoms with van der Waals surface area (Å²) in [6.07, 6.45) is 0. The van der Waals surface area contributed by atoms with Crippen molar-refractivity contribution in [2.75, 3.05) is 6.79 Å². The molecule has 2 N–H and O–H groups in total. The molecule has 0 unspecified atom stereocenters. The summed E-state index contributed by atoms with van der Waals surface area (Å²) >= 11 is 0. The second-order valence-electron chi connectivity index (χ2n) is 7.43. The van der Waals surface area contributed by atoms with E-state index in [1.807, 2.05) is 27.7 Å². The highest BCUT2D eigenvalue weighted by Crippen LogP contribution is 2.33. The minimum atomic E-state index is -0.781. The van der Waals surface area contributed by atoms with Crippen molar-refractivity contribution in [1.29, 1.82) is 0 Å². The van der Waals surface area contributed by atoms with Crippen LogP contribution in [0.1, 0.15) is 65.2 Å². The van der Waals surface area contributed by atoms with Gasteiger partial charge in [0.25, 0.3) is 0 Å². The van der Waals surface area contributed by atoms with Gasteiger partial charge in [0.1, 0.15) is 22.6 Å². The second-order valence-corrected chi connectivity index (χ2v) is 7.43. The van der Waals surface area contributed by atoms with E-state index >= 15 is 0 Å². The van der Waals surface area contributed by atoms with E-state index in [1.165, 1.54) is 0 Å². The van der Waals surface area contributed by atoms with Crippen molar-refractivity contribution in [2.45, 2.75) is 55.4 Å². The maximum Gasteiger partial charge on any atom is 0.345 e. The Labute approximate surface area is 171 Å². The molecule has 6 heteroatoms. The summed E-state index contributed by atoms with van der Waals surface area (Å²) < 4.78 is 10.1. The third-order valence-corrected chi connectivity index (χ3v) is 6.10. The van der Waals surface area contributed by atoms with Gasteiger partial charge < -0.3 is 19.7 Å². The number of hydrogen-bond acceptors (Lipinski definition) is 6. The van der Waals surface area contributed by atoms with E-state index in [4.69, 9.17) is 9.47 Å². The molecule has 0 aliphatic rings. The van der Waals surface area contributed by atoms with E-state index in [0.717, 1.165) is 22.3 Å². The molecule has 0 spiro atoms. The van der Waals surface area contributed by atoms with Gasteiger partial charge in [-0.25, -0.2) is 9.59 Å². The molecule has 2 aromatic rings. The molecule has 0 fully saturated rings. The molecule has 0 saturated heterocycles. The van der Waals surface area contributed by atoms with Crippen LogP contribution in [0.3, 0.4) is 0 Å². The topological polar surface area (TPSA) is 93.1 Å². The lowest BCUT2D eigenvalue weighted by Gasteiger charge is -2.17. The quantitative estimate of drug-likeness (QED) is 0.578. The van der Waals surface area contributed by atoms with Crippen LogP contribution in [0, 0.1) is 55.4 Å². The van der Waals surface area contributed by atoms with Crippen molar-refractivity contribution >= 4 is 11.9 Å². The van der Waals surface area contributed by atoms with E-state index in [2.05, 4.69) is 0 Å². The summed E-state index contributed by atoms with van der Waals surface area (Å²) in [7, 11) is 0. The zero-order valence-corrected chi connectivity index (χ0v) is 18.2. The molecule has 6 nitrogen and oxygen atoms in total. The first-order valence-corrected chi connectivity index (χ1v) is 9.34. The van der Waals surface area contributed by atoms with Crippen LogP contribution in [0.2, 0.25) is 0 Å². The fraction of sp³-hybridized carbons (Fsp3) is 0.391. The Bertz CT molecular complexity index is 877. The number of esters is 2. The number of hydrogen-bond donors (Lipinski definition) is 2. The lowest BCUT2D eigenvalue weighted by Crippen LogP contribution is -2.16. The first-order chi connectivity index (χ1) is 13.4. The lowest BCUT2D eigenvalue weighted by atomic mass is 9.93. The van der Waals surface area contributed by atoms with Crippen molar-refractivity contribution in [3.05, 3.63) is 55.6 Å². The highest BCUT2D eigenvalue weighted by atomic mass is 16.7. The highest BCUT2D eigenvalue weighted by Gasteiger charge is 2.24. The van der Waals surface area contributed by atoms with Gasteiger partial charge in [0, 0.05) is 0 Å². The van der Waals surface area contributed by atoms with Crippen molar-refractivity contribution in [3.8, 4) is 11.5 Å². The first-order valence-electron chi connectivity index (χ1n) is 9.34. The largest absolute Gasteiger partial charge is 0.507 e. The van der Waals surface area contributed by atoms with Crippen molar-refractivity contribution in [3.63, 3.8) is 0 Å². The SMILES string of the molecule is Cc1c(C)c(C)c(C(=O)OCOC(=O)c2c(C)c(C)c(C)c(C)c2O)c(O)c1C. The monoisotopic (exact) mass is 400 g/mol. The molecule has 0 aliphatic heterocycles. The fourth-order valence-corrected chi connectivity index (χ4v) is 3.37. The molecule has 0 radical (unpaired) electrons. The number of aromatic hydroxyl groups is 2. The smallest absolute Gasteiger partial charge is 0.345 e. The van der Waals surface area contributed by atoms with E-state index in [1.54, 1.807) is 27.7 Å². The Balaban J connectivity index is 2.20. The van der Waals surface area contributed by atoms with E-state index in [0.29, 0.717) is 22.3 Å². The van der Waals surface area contributed by atoms with Gasteiger partial charge in [-0.05, 0) is 99.9 Å². The number of benzene rings is 2. The van der Waals surface area contributed by atoms with Gasteiger partial charge in [-0.15, -0.1) is 0 Å². The van der Waals surface area contributed by atoms with Gasteiger partial charge in [-0.2, -0.15) is 0 Å². The molecule has 0 aliphatic carbocycles. The third kappa shape index (κ3) is 3.79. The van der Waals surface area contributed by atoms with Gasteiger partial charge in [-0.1, -0.05) is 0 Å². The Hall–Kier alpha value is -3.02. The van der Waals surface area contributed by atoms with Gasteiger partial charge in [0.2, 0.25) is 6.79 Å². The fourth-order valence-electron chi connectivity index (χ4n) is 3.37. The Kier molecular flexibility index (Phi) is 6.26. The second kappa shape index (κ2) is 8.15. The van der Waals surface area contributed by atoms with Gasteiger partial charge in [0.05, 0.1) is 0 Å². The summed E-state index contributed by atoms with van der Waals surface area (Å²) in [4.78, 5) is 25.0. The molecule has 0 bridgehead atoms. The summed E-state index contributed by atoms with van der Waals surface area (Å²) in [6.45, 7) is 13.7. The van der Waals surface area contributed by atoms with E-state index in [-0.39, 0.29) is 22.6 Å². The van der Waals surface area contributed by atoms with E-state index < -0.39 is 18.7 Å². The van der Waals surface area contributed by atoms with Crippen LogP contribution in [0.5, 0.6) is 11.5 Å². The molecular formula is C23H28O6. The molecular weight excluding hydrogens is 372 g/mol. The number of ether oxygens (including phenoxy) is 2. The van der Waals surface area contributed by atoms with Crippen molar-refractivity contribution < 1.29 is 29.3 Å². The molecule has 0 saturated carbocycles. The molecule has 2 aromatic carbocycles. The van der Waals surface area contributed by atoms with Crippen LogP contribution >= 0.6 is 0 Å². The van der Waals surface area contributed by atoms with Crippen LogP contribution in [0.4, 0.5) is 0 Å². The molecule has 156 valence electrons. The molecule has 0 heterocycles. The summed E-state index contributed by atoms with van der Waals surface area (Å²) in [5.41, 5.74) is 6.11. The van der Waals surface area contributed by atoms with Gasteiger partial charge in [-0.3, -0.25) is 0 Å². The number of rotatable bonds is 4. The summed E-state index contributed by atoms with van der Waals surface area (Å²) in [6, 6.07) is 0. The maximum atomic E-state index is 12.5. The molecule has 0 atom stereocenters. The molecule has 0 aromatic heterocycles. The highest BCUT2D eigenvalue weighted by molar-refractivity contribution is 5.96. The molecule has 29 heavy (non-hydrogen) atoms. The normalized spacial score (nSPS) is 10.8. The predicted molar refractivity (Wildman–Crippen MR) is 110 cm³/mol. The van der Waals surface area contributed by atoms with Crippen molar-refractivity contribution in [1.82, 2.24) is 0 Å². The van der Waals surface area contributed by atoms with E-state index in [9.17, 15) is 19.8 Å². The summed E-state index contributed by atoms with van der Waals surface area (Å²) in [5, 5.41) is 20.7. The van der Waals surface area contributed by atoms with Gasteiger partial charge in [0.15, 0.2) is 0 Å². The standard InChI is InChI=1S/C23H28O6/c1-10-12(3)16(7)20(24)18(14(10)5)22(26)28-9-29-23(27)19-15(6)11(2)13(4)17(8)21(19)25/h24-25H,9H2,1-8H3. The van der Waals surface area contributed by atoms with Crippen LogP contribution in [-0.4, -0.2) is 28.9 Å². The predicted octanol–water partition coefficient (Wildman–Crippen LogP) is 4.54. The number of carbonyl (C=O) groups is 2. The lowest BCUT2D eigenvalue weighted by molar-refractivity contribution is -0.0170. The zero-order chi connectivity index (χ0) is 22.2. The van der Waals surface area contributed by atoms with Crippen molar-refractivity contribution in [2.24, 2.45) is 0 Å². The van der Waals surface area contributed by atoms with Crippen LogP contribution in [0.15, 0.2) is 0 Å². The molecule has 2 rings (SSSR count). The maximum absolute atomic E-state index is 12.5. The third-order valence-electron chi connectivity index (χ3n) is 6.10. The Morgan fingerprint density at radius 1 is 0.552 bits per heavy atom. The minimum absolute atomic E-state index is 0.0581. The summed E-state index contributed by atoms with van der Waals surface area (Å²) in [5.74, 6) is -1.84. The number of carbonyl (C=O) groups excluding carboxylic acids is 2. The average Bonchev–Trinajstić information content (AvgIpc) is 2.68. The molecule has 0 amide bonds. The minimum Gasteiger partial charge on any atom is -0.507 e. The first kappa shape index (κ1) is 22.3. The number of phenolic OH excluding ortho intramolecular Hbond substituents is 2. The van der Waals surface area contributed by atoms with Crippen LogP contribution in [0.25, 0.3) is 0 Å². The van der Waals surface area contributed by atoms with Crippen LogP contribution in [-0.2, 0) is 9.47 Å². The average molecular weight is 400 g/mol.